The highest BCUT2D eigenvalue weighted by atomic mass is 16.5. The van der Waals surface area contributed by atoms with Crippen molar-refractivity contribution in [1.82, 2.24) is 14.9 Å². The van der Waals surface area contributed by atoms with Gasteiger partial charge in [-0.1, -0.05) is 30.3 Å². The number of carbonyl (C=O) groups is 2. The number of hydrogen-bond donors (Lipinski definition) is 1. The summed E-state index contributed by atoms with van der Waals surface area (Å²) in [6, 6.07) is 17.0. The van der Waals surface area contributed by atoms with E-state index in [0.717, 1.165) is 11.1 Å². The Kier molecular flexibility index (Phi) is 7.43. The Morgan fingerprint density at radius 2 is 1.76 bits per heavy atom. The van der Waals surface area contributed by atoms with E-state index in [1.807, 2.05) is 48.5 Å². The summed E-state index contributed by atoms with van der Waals surface area (Å²) in [6.07, 6.45) is 9.66. The quantitative estimate of drug-likeness (QED) is 0.560. The van der Waals surface area contributed by atoms with Crippen LogP contribution in [-0.2, 0) is 16.2 Å². The number of hydrogen-bond acceptors (Lipinski definition) is 5. The average molecular weight is 443 g/mol. The van der Waals surface area contributed by atoms with Gasteiger partial charge in [-0.2, -0.15) is 0 Å². The molecule has 1 saturated heterocycles. The zero-order valence-electron chi connectivity index (χ0n) is 18.3. The van der Waals surface area contributed by atoms with Crippen LogP contribution < -0.4 is 10.1 Å². The van der Waals surface area contributed by atoms with Crippen molar-refractivity contribution in [2.45, 2.75) is 19.4 Å². The van der Waals surface area contributed by atoms with Crippen LogP contribution in [0.5, 0.6) is 5.75 Å². The molecule has 1 aromatic carbocycles. The van der Waals surface area contributed by atoms with Crippen LogP contribution >= 0.6 is 0 Å². The number of carbonyl (C=O) groups excluding carboxylic acids is 2. The fraction of sp³-hybridized carbons (Fsp3) is 0.231. The van der Waals surface area contributed by atoms with Gasteiger partial charge in [-0.3, -0.25) is 14.6 Å². The van der Waals surface area contributed by atoms with Crippen molar-refractivity contribution in [3.05, 3.63) is 90.4 Å². The predicted molar refractivity (Wildman–Crippen MR) is 126 cm³/mol. The summed E-state index contributed by atoms with van der Waals surface area (Å²) in [5.41, 5.74) is 1.96. The summed E-state index contributed by atoms with van der Waals surface area (Å²) in [6.45, 7) is 1.45. The molecule has 4 rings (SSSR count). The maximum absolute atomic E-state index is 12.8. The summed E-state index contributed by atoms with van der Waals surface area (Å²) in [7, 11) is 0. The Balaban J connectivity index is 1.29. The fourth-order valence-electron chi connectivity index (χ4n) is 3.66. The lowest BCUT2D eigenvalue weighted by molar-refractivity contribution is -0.130. The number of anilines is 1. The molecule has 2 amide bonds. The molecule has 0 radical (unpaired) electrons. The Morgan fingerprint density at radius 1 is 1.00 bits per heavy atom. The number of pyridine rings is 2. The Labute approximate surface area is 193 Å². The van der Waals surface area contributed by atoms with Gasteiger partial charge in [0.25, 0.3) is 0 Å². The second-order valence-corrected chi connectivity index (χ2v) is 7.83. The number of nitrogens with zero attached hydrogens (tertiary/aromatic N) is 3. The van der Waals surface area contributed by atoms with E-state index in [2.05, 4.69) is 15.3 Å². The maximum atomic E-state index is 12.8. The molecule has 1 N–H and O–H groups in total. The van der Waals surface area contributed by atoms with Crippen molar-refractivity contribution in [3.8, 4) is 5.75 Å². The van der Waals surface area contributed by atoms with Crippen molar-refractivity contribution in [2.75, 3.05) is 18.4 Å². The van der Waals surface area contributed by atoms with E-state index in [-0.39, 0.29) is 17.7 Å². The predicted octanol–water partition coefficient (Wildman–Crippen LogP) is 3.95. The second-order valence-electron chi connectivity index (χ2n) is 7.83. The first-order valence-electron chi connectivity index (χ1n) is 11.0. The van der Waals surface area contributed by atoms with Crippen molar-refractivity contribution < 1.29 is 14.3 Å². The van der Waals surface area contributed by atoms with Crippen molar-refractivity contribution >= 4 is 23.7 Å². The number of rotatable bonds is 7. The van der Waals surface area contributed by atoms with Crippen LogP contribution in [0.25, 0.3) is 6.08 Å². The summed E-state index contributed by atoms with van der Waals surface area (Å²) in [4.78, 5) is 35.4. The third-order valence-electron chi connectivity index (χ3n) is 5.55. The summed E-state index contributed by atoms with van der Waals surface area (Å²) in [5, 5.41) is 2.90. The molecule has 7 heteroatoms. The standard InChI is InChI=1S/C26H26N4O3/c31-24(9-8-20-5-2-1-3-6-20)30-17-12-22(13-18-30)26(32)29-25-23(7-4-14-28-25)33-19-21-10-15-27-16-11-21/h1-11,14-16,22H,12-13,17-19H2,(H,28,29,32)/b9-8+. The van der Waals surface area contributed by atoms with Crippen LogP contribution in [0.1, 0.15) is 24.0 Å². The van der Waals surface area contributed by atoms with Gasteiger partial charge >= 0.3 is 0 Å². The molecule has 2 aromatic heterocycles. The molecule has 168 valence electrons. The first-order valence-corrected chi connectivity index (χ1v) is 11.0. The number of likely N-dealkylation sites (tertiary alicyclic amines) is 1. The van der Waals surface area contributed by atoms with Gasteiger partial charge in [-0.25, -0.2) is 4.98 Å². The lowest BCUT2D eigenvalue weighted by atomic mass is 9.96. The van der Waals surface area contributed by atoms with Crippen LogP contribution in [0.2, 0.25) is 0 Å². The average Bonchev–Trinajstić information content (AvgIpc) is 2.88. The molecular formula is C26H26N4O3. The minimum atomic E-state index is -0.179. The SMILES string of the molecule is O=C(Nc1ncccc1OCc1ccncc1)C1CCN(C(=O)/C=C/c2ccccc2)CC1. The third-order valence-corrected chi connectivity index (χ3v) is 5.55. The smallest absolute Gasteiger partial charge is 0.246 e. The van der Waals surface area contributed by atoms with Crippen molar-refractivity contribution in [1.29, 1.82) is 0 Å². The highest BCUT2D eigenvalue weighted by Gasteiger charge is 2.27. The number of ether oxygens (including phenoxy) is 1. The topological polar surface area (TPSA) is 84.4 Å². The first kappa shape index (κ1) is 22.2. The summed E-state index contributed by atoms with van der Waals surface area (Å²) < 4.78 is 5.86. The zero-order chi connectivity index (χ0) is 22.9. The molecule has 0 saturated carbocycles. The molecule has 0 atom stereocenters. The number of benzene rings is 1. The minimum absolute atomic E-state index is 0.0331. The molecular weight excluding hydrogens is 416 g/mol. The minimum Gasteiger partial charge on any atom is -0.485 e. The van der Waals surface area contributed by atoms with E-state index in [4.69, 9.17) is 4.74 Å². The molecule has 0 spiro atoms. The van der Waals surface area contributed by atoms with Crippen LogP contribution in [0, 0.1) is 5.92 Å². The maximum Gasteiger partial charge on any atom is 0.246 e. The fourth-order valence-corrected chi connectivity index (χ4v) is 3.66. The Morgan fingerprint density at radius 3 is 2.52 bits per heavy atom. The molecule has 33 heavy (non-hydrogen) atoms. The molecule has 1 aliphatic heterocycles. The van der Waals surface area contributed by atoms with E-state index in [1.165, 1.54) is 0 Å². The van der Waals surface area contributed by atoms with Crippen molar-refractivity contribution in [2.24, 2.45) is 5.92 Å². The summed E-state index contributed by atoms with van der Waals surface area (Å²) in [5.74, 6) is 0.605. The highest BCUT2D eigenvalue weighted by Crippen LogP contribution is 2.25. The second kappa shape index (κ2) is 11.0. The van der Waals surface area contributed by atoms with Gasteiger partial charge in [0.05, 0.1) is 0 Å². The highest BCUT2D eigenvalue weighted by molar-refractivity contribution is 5.94. The van der Waals surface area contributed by atoms with Crippen LogP contribution in [-0.4, -0.2) is 39.8 Å². The van der Waals surface area contributed by atoms with Gasteiger partial charge in [0.2, 0.25) is 11.8 Å². The molecule has 0 bridgehead atoms. The normalized spacial score (nSPS) is 14.2. The lowest BCUT2D eigenvalue weighted by Crippen LogP contribution is -2.40. The molecule has 1 fully saturated rings. The molecule has 0 unspecified atom stereocenters. The number of nitrogens with one attached hydrogen (secondary N) is 1. The van der Waals surface area contributed by atoms with E-state index < -0.39 is 0 Å². The Bertz CT molecular complexity index is 1090. The zero-order valence-corrected chi connectivity index (χ0v) is 18.3. The van der Waals surface area contributed by atoms with Gasteiger partial charge in [0.1, 0.15) is 6.61 Å². The monoisotopic (exact) mass is 442 g/mol. The van der Waals surface area contributed by atoms with Gasteiger partial charge in [0, 0.05) is 43.7 Å². The lowest BCUT2D eigenvalue weighted by Gasteiger charge is -2.30. The van der Waals surface area contributed by atoms with Gasteiger partial charge < -0.3 is 15.0 Å². The van der Waals surface area contributed by atoms with Gasteiger partial charge in [-0.05, 0) is 54.3 Å². The van der Waals surface area contributed by atoms with E-state index in [0.29, 0.717) is 44.1 Å². The molecule has 3 heterocycles. The molecule has 1 aliphatic rings. The molecule has 7 nitrogen and oxygen atoms in total. The first-order chi connectivity index (χ1) is 16.2. The largest absolute Gasteiger partial charge is 0.485 e. The number of aromatic nitrogens is 2. The number of amides is 2. The van der Waals surface area contributed by atoms with Crippen LogP contribution in [0.4, 0.5) is 5.82 Å². The number of piperidine rings is 1. The van der Waals surface area contributed by atoms with Gasteiger partial charge in [-0.15, -0.1) is 0 Å². The van der Waals surface area contributed by atoms with E-state index in [1.54, 1.807) is 41.7 Å². The van der Waals surface area contributed by atoms with Crippen LogP contribution in [0.15, 0.2) is 79.3 Å². The summed E-state index contributed by atoms with van der Waals surface area (Å²) >= 11 is 0. The molecule has 3 aromatic rings. The van der Waals surface area contributed by atoms with Crippen LogP contribution in [0.3, 0.4) is 0 Å². The molecule has 0 aliphatic carbocycles. The van der Waals surface area contributed by atoms with Crippen molar-refractivity contribution in [3.63, 3.8) is 0 Å². The van der Waals surface area contributed by atoms with Gasteiger partial charge in [0.15, 0.2) is 11.6 Å². The third kappa shape index (κ3) is 6.26. The Hall–Kier alpha value is -4.00. The van der Waals surface area contributed by atoms with E-state index in [9.17, 15) is 9.59 Å². The van der Waals surface area contributed by atoms with E-state index >= 15 is 0 Å².